The van der Waals surface area contributed by atoms with E-state index in [1.807, 2.05) is 30.3 Å². The second-order valence-electron chi connectivity index (χ2n) is 9.68. The van der Waals surface area contributed by atoms with Gasteiger partial charge in [0.05, 0.1) is 6.17 Å². The number of urea groups is 1. The molecule has 1 saturated heterocycles. The summed E-state index contributed by atoms with van der Waals surface area (Å²) in [5, 5.41) is 19.3. The summed E-state index contributed by atoms with van der Waals surface area (Å²) in [5.41, 5.74) is 6.72. The predicted molar refractivity (Wildman–Crippen MR) is 136 cm³/mol. The van der Waals surface area contributed by atoms with E-state index in [1.54, 1.807) is 0 Å². The topological polar surface area (TPSA) is 103 Å². The lowest BCUT2D eigenvalue weighted by atomic mass is 9.69. The zero-order valence-corrected chi connectivity index (χ0v) is 19.8. The van der Waals surface area contributed by atoms with Crippen LogP contribution in [0, 0.1) is 5.41 Å². The lowest BCUT2D eigenvalue weighted by Crippen LogP contribution is -2.75. The molecule has 2 fully saturated rings. The van der Waals surface area contributed by atoms with E-state index in [1.165, 1.54) is 51.4 Å². The van der Waals surface area contributed by atoms with Crippen molar-refractivity contribution in [3.63, 3.8) is 0 Å². The number of carbonyl (C=O) groups excluding carboxylic acids is 1. The third-order valence-electron chi connectivity index (χ3n) is 7.50. The van der Waals surface area contributed by atoms with Gasteiger partial charge in [0, 0.05) is 30.2 Å². The van der Waals surface area contributed by atoms with Crippen LogP contribution >= 0.6 is 0 Å². The number of benzene rings is 2. The summed E-state index contributed by atoms with van der Waals surface area (Å²) >= 11 is 0. The number of fused-ring (bicyclic) bond motifs is 1. The Labute approximate surface area is 197 Å². The molecule has 33 heavy (non-hydrogen) atoms. The molecule has 1 heterocycles. The van der Waals surface area contributed by atoms with E-state index in [-0.39, 0.29) is 29.9 Å². The van der Waals surface area contributed by atoms with Gasteiger partial charge in [-0.2, -0.15) is 0 Å². The molecule has 4 rings (SSSR count). The molecule has 1 spiro atoms. The maximum absolute atomic E-state index is 12.8. The number of amides is 2. The molecule has 3 atom stereocenters. The molecule has 3 unspecified atom stereocenters. The summed E-state index contributed by atoms with van der Waals surface area (Å²) in [6, 6.07) is 14.1. The highest BCUT2D eigenvalue weighted by molar-refractivity contribution is 5.93. The molecule has 0 aromatic heterocycles. The third kappa shape index (κ3) is 5.84. The zero-order valence-electron chi connectivity index (χ0n) is 19.8. The Bertz CT molecular complexity index is 909. The Hall–Kier alpha value is -2.19. The van der Waals surface area contributed by atoms with Crippen molar-refractivity contribution in [3.05, 3.63) is 42.5 Å². The van der Waals surface area contributed by atoms with Gasteiger partial charge in [-0.05, 0) is 42.7 Å². The predicted octanol–water partition coefficient (Wildman–Crippen LogP) is 3.82. The molecular formula is C26H40N6O. The van der Waals surface area contributed by atoms with Gasteiger partial charge in [-0.25, -0.2) is 4.79 Å². The Kier molecular flexibility index (Phi) is 8.20. The highest BCUT2D eigenvalue weighted by atomic mass is 16.2. The molecule has 0 bridgehead atoms. The second-order valence-corrected chi connectivity index (χ2v) is 9.68. The largest absolute Gasteiger partial charge is 0.329 e. The van der Waals surface area contributed by atoms with Gasteiger partial charge in [0.25, 0.3) is 0 Å². The second kappa shape index (κ2) is 11.3. The van der Waals surface area contributed by atoms with Gasteiger partial charge in [-0.1, -0.05) is 68.9 Å². The molecule has 7 nitrogen and oxygen atoms in total. The summed E-state index contributed by atoms with van der Waals surface area (Å²) in [6.07, 6.45) is 9.89. The highest BCUT2D eigenvalue weighted by Crippen LogP contribution is 2.41. The van der Waals surface area contributed by atoms with Crippen LogP contribution in [0.2, 0.25) is 0 Å². The number of rotatable bonds is 5. The van der Waals surface area contributed by atoms with E-state index in [0.29, 0.717) is 6.54 Å². The van der Waals surface area contributed by atoms with Crippen molar-refractivity contribution in [1.29, 1.82) is 0 Å². The van der Waals surface area contributed by atoms with E-state index in [4.69, 9.17) is 5.73 Å². The number of nitrogens with two attached hydrogens (primary N) is 1. The van der Waals surface area contributed by atoms with Crippen LogP contribution in [0.5, 0.6) is 0 Å². The highest BCUT2D eigenvalue weighted by Gasteiger charge is 2.47. The molecule has 1 aliphatic heterocycles. The average molecular weight is 453 g/mol. The van der Waals surface area contributed by atoms with Crippen LogP contribution in [0.25, 0.3) is 10.8 Å². The van der Waals surface area contributed by atoms with Gasteiger partial charge in [0.1, 0.15) is 6.29 Å². The number of nitrogens with one attached hydrogen (secondary N) is 5. The third-order valence-corrected chi connectivity index (χ3v) is 7.50. The number of hydrogen-bond donors (Lipinski definition) is 6. The molecule has 1 aliphatic carbocycles. The van der Waals surface area contributed by atoms with Crippen LogP contribution in [0.1, 0.15) is 58.3 Å². The van der Waals surface area contributed by atoms with E-state index >= 15 is 0 Å². The normalized spacial score (nSPS) is 25.7. The fourth-order valence-corrected chi connectivity index (χ4v) is 5.65. The van der Waals surface area contributed by atoms with Crippen LogP contribution in [0.4, 0.5) is 10.5 Å². The quantitative estimate of drug-likeness (QED) is 0.414. The van der Waals surface area contributed by atoms with Gasteiger partial charge in [0.2, 0.25) is 0 Å². The minimum atomic E-state index is -0.325. The minimum absolute atomic E-state index is 0.0985. The summed E-state index contributed by atoms with van der Waals surface area (Å²) in [4.78, 5) is 12.8. The summed E-state index contributed by atoms with van der Waals surface area (Å²) < 4.78 is 0. The molecule has 180 valence electrons. The maximum atomic E-state index is 12.8. The van der Waals surface area contributed by atoms with Crippen molar-refractivity contribution in [2.75, 3.05) is 18.4 Å². The molecule has 0 radical (unpaired) electrons. The fourth-order valence-electron chi connectivity index (χ4n) is 5.65. The Morgan fingerprint density at radius 1 is 1.00 bits per heavy atom. The summed E-state index contributed by atoms with van der Waals surface area (Å²) in [6.45, 7) is 3.62. The SMILES string of the molecule is CC1NC(NC(=O)Nc2ccc3ccccc3c2)NC(NCCN)C12CCCCCCCC2. The smallest absolute Gasteiger partial charge is 0.321 e. The van der Waals surface area contributed by atoms with E-state index in [0.717, 1.165) is 23.0 Å². The molecule has 1 saturated carbocycles. The van der Waals surface area contributed by atoms with Gasteiger partial charge in [-0.15, -0.1) is 0 Å². The molecule has 7 N–H and O–H groups in total. The van der Waals surface area contributed by atoms with Crippen LogP contribution in [0.15, 0.2) is 42.5 Å². The summed E-state index contributed by atoms with van der Waals surface area (Å²) in [5.74, 6) is 0. The van der Waals surface area contributed by atoms with Crippen molar-refractivity contribution in [1.82, 2.24) is 21.3 Å². The molecule has 2 aliphatic rings. The lowest BCUT2D eigenvalue weighted by molar-refractivity contribution is 0.0168. The van der Waals surface area contributed by atoms with Gasteiger partial charge in [-0.3, -0.25) is 10.6 Å². The standard InChI is InChI=1S/C26H40N6O/c1-19-26(14-8-4-2-3-5-9-15-26)23(28-17-16-27)31-24(29-19)32-25(33)30-22-13-12-20-10-6-7-11-21(20)18-22/h6-7,10-13,18-19,23-24,28-29,31H,2-5,8-9,14-17,27H2,1H3,(H2,30,32,33). The van der Waals surface area contributed by atoms with Crippen molar-refractivity contribution in [2.45, 2.75) is 76.8 Å². The number of hydrogen-bond acceptors (Lipinski definition) is 5. The zero-order chi connectivity index (χ0) is 23.1. The molecule has 2 amide bonds. The molecule has 2 aromatic carbocycles. The minimum Gasteiger partial charge on any atom is -0.329 e. The maximum Gasteiger partial charge on any atom is 0.321 e. The van der Waals surface area contributed by atoms with Crippen LogP contribution < -0.4 is 32.3 Å². The number of anilines is 1. The first-order valence-electron chi connectivity index (χ1n) is 12.6. The van der Waals surface area contributed by atoms with Crippen molar-refractivity contribution < 1.29 is 4.79 Å². The molecule has 7 heteroatoms. The molecular weight excluding hydrogens is 412 g/mol. The van der Waals surface area contributed by atoms with Crippen molar-refractivity contribution >= 4 is 22.5 Å². The Balaban J connectivity index is 1.43. The van der Waals surface area contributed by atoms with Crippen LogP contribution in [0.3, 0.4) is 0 Å². The van der Waals surface area contributed by atoms with Gasteiger partial charge in [0.15, 0.2) is 0 Å². The van der Waals surface area contributed by atoms with Crippen LogP contribution in [-0.4, -0.2) is 37.6 Å². The monoisotopic (exact) mass is 452 g/mol. The number of carbonyl (C=O) groups is 1. The Morgan fingerprint density at radius 2 is 1.70 bits per heavy atom. The van der Waals surface area contributed by atoms with E-state index < -0.39 is 0 Å². The Morgan fingerprint density at radius 3 is 2.42 bits per heavy atom. The van der Waals surface area contributed by atoms with E-state index in [2.05, 4.69) is 45.6 Å². The van der Waals surface area contributed by atoms with E-state index in [9.17, 15) is 4.79 Å². The first-order valence-corrected chi connectivity index (χ1v) is 12.6. The molecule has 2 aromatic rings. The van der Waals surface area contributed by atoms with Crippen LogP contribution in [-0.2, 0) is 0 Å². The average Bonchev–Trinajstić information content (AvgIpc) is 2.93. The first kappa shape index (κ1) is 24.0. The lowest BCUT2D eigenvalue weighted by Gasteiger charge is -2.53. The summed E-state index contributed by atoms with van der Waals surface area (Å²) in [7, 11) is 0. The fraction of sp³-hybridized carbons (Fsp3) is 0.577. The van der Waals surface area contributed by atoms with Crippen molar-refractivity contribution in [3.8, 4) is 0 Å². The van der Waals surface area contributed by atoms with Gasteiger partial charge < -0.3 is 21.7 Å². The van der Waals surface area contributed by atoms with Crippen molar-refractivity contribution in [2.24, 2.45) is 11.1 Å². The first-order chi connectivity index (χ1) is 16.1. The van der Waals surface area contributed by atoms with Gasteiger partial charge >= 0.3 is 6.03 Å².